The molecule has 1 aliphatic rings. The van der Waals surface area contributed by atoms with E-state index >= 15 is 0 Å². The summed E-state index contributed by atoms with van der Waals surface area (Å²) >= 11 is 0. The molecule has 2 heteroatoms. The summed E-state index contributed by atoms with van der Waals surface area (Å²) in [5, 5.41) is 8.99. The lowest BCUT2D eigenvalue weighted by Gasteiger charge is -2.03. The Hall–Kier alpha value is -0.860. The fraction of sp³-hybridized carbons (Fsp3) is 0.500. The van der Waals surface area contributed by atoms with Crippen LogP contribution < -0.4 is 0 Å². The van der Waals surface area contributed by atoms with Gasteiger partial charge in [-0.2, -0.15) is 0 Å². The van der Waals surface area contributed by atoms with Crippen molar-refractivity contribution in [2.75, 3.05) is 13.7 Å². The lowest BCUT2D eigenvalue weighted by atomic mass is 10.1. The zero-order valence-corrected chi connectivity index (χ0v) is 8.44. The highest BCUT2D eigenvalue weighted by Gasteiger charge is 2.37. The van der Waals surface area contributed by atoms with Gasteiger partial charge < -0.3 is 9.84 Å². The lowest BCUT2D eigenvalue weighted by molar-refractivity contribution is 0.185. The SMILES string of the molecule is COCc1cccc(C2CC2CO)c1. The van der Waals surface area contributed by atoms with Crippen LogP contribution in [0.2, 0.25) is 0 Å². The van der Waals surface area contributed by atoms with E-state index in [9.17, 15) is 0 Å². The number of aliphatic hydroxyl groups excluding tert-OH is 1. The predicted molar refractivity (Wildman–Crippen MR) is 55.1 cm³/mol. The Labute approximate surface area is 84.5 Å². The molecule has 0 bridgehead atoms. The molecule has 1 saturated carbocycles. The van der Waals surface area contributed by atoms with Crippen LogP contribution in [0, 0.1) is 5.92 Å². The fourth-order valence-corrected chi connectivity index (χ4v) is 1.94. The van der Waals surface area contributed by atoms with Crippen molar-refractivity contribution >= 4 is 0 Å². The van der Waals surface area contributed by atoms with Crippen molar-refractivity contribution in [1.82, 2.24) is 0 Å². The smallest absolute Gasteiger partial charge is 0.0713 e. The first-order valence-corrected chi connectivity index (χ1v) is 5.03. The topological polar surface area (TPSA) is 29.5 Å². The highest BCUT2D eigenvalue weighted by atomic mass is 16.5. The number of benzene rings is 1. The summed E-state index contributed by atoms with van der Waals surface area (Å²) in [5.74, 6) is 1.07. The second-order valence-corrected chi connectivity index (χ2v) is 3.96. The van der Waals surface area contributed by atoms with Crippen molar-refractivity contribution < 1.29 is 9.84 Å². The summed E-state index contributed by atoms with van der Waals surface area (Å²) in [7, 11) is 1.71. The Morgan fingerprint density at radius 2 is 2.36 bits per heavy atom. The van der Waals surface area contributed by atoms with Gasteiger partial charge in [0.2, 0.25) is 0 Å². The minimum Gasteiger partial charge on any atom is -0.396 e. The summed E-state index contributed by atoms with van der Waals surface area (Å²) in [5.41, 5.74) is 2.56. The highest BCUT2D eigenvalue weighted by Crippen LogP contribution is 2.46. The molecule has 0 heterocycles. The maximum absolute atomic E-state index is 8.99. The number of hydrogen-bond donors (Lipinski definition) is 1. The second kappa shape index (κ2) is 4.11. The van der Waals surface area contributed by atoms with E-state index in [2.05, 4.69) is 24.3 Å². The van der Waals surface area contributed by atoms with E-state index in [4.69, 9.17) is 9.84 Å². The zero-order valence-electron chi connectivity index (χ0n) is 8.44. The van der Waals surface area contributed by atoms with E-state index in [1.165, 1.54) is 11.1 Å². The second-order valence-electron chi connectivity index (χ2n) is 3.96. The molecule has 1 N–H and O–H groups in total. The van der Waals surface area contributed by atoms with Crippen LogP contribution in [0.1, 0.15) is 23.5 Å². The summed E-state index contributed by atoms with van der Waals surface area (Å²) in [6.07, 6.45) is 1.13. The molecule has 1 aromatic rings. The molecular weight excluding hydrogens is 176 g/mol. The van der Waals surface area contributed by atoms with Gasteiger partial charge in [-0.3, -0.25) is 0 Å². The minimum absolute atomic E-state index is 0.319. The third-order valence-electron chi connectivity index (χ3n) is 2.85. The first-order chi connectivity index (χ1) is 6.85. The van der Waals surface area contributed by atoms with E-state index in [0.717, 1.165) is 6.42 Å². The van der Waals surface area contributed by atoms with Gasteiger partial charge in [0.1, 0.15) is 0 Å². The van der Waals surface area contributed by atoms with Crippen molar-refractivity contribution in [2.24, 2.45) is 5.92 Å². The summed E-state index contributed by atoms with van der Waals surface area (Å²) in [6, 6.07) is 8.46. The lowest BCUT2D eigenvalue weighted by Crippen LogP contribution is -1.92. The molecular formula is C12H16O2. The first-order valence-electron chi connectivity index (χ1n) is 5.03. The Morgan fingerprint density at radius 3 is 3.00 bits per heavy atom. The van der Waals surface area contributed by atoms with Gasteiger partial charge in [0.05, 0.1) is 6.61 Å². The van der Waals surface area contributed by atoms with Crippen LogP contribution in [-0.2, 0) is 11.3 Å². The van der Waals surface area contributed by atoms with Gasteiger partial charge in [0.25, 0.3) is 0 Å². The number of rotatable bonds is 4. The molecule has 0 amide bonds. The third-order valence-corrected chi connectivity index (χ3v) is 2.85. The van der Waals surface area contributed by atoms with E-state index in [1.54, 1.807) is 7.11 Å². The van der Waals surface area contributed by atoms with Crippen LogP contribution in [0.4, 0.5) is 0 Å². The Balaban J connectivity index is 2.07. The van der Waals surface area contributed by atoms with Gasteiger partial charge in [0, 0.05) is 13.7 Å². The van der Waals surface area contributed by atoms with E-state index in [1.807, 2.05) is 0 Å². The van der Waals surface area contributed by atoms with E-state index in [-0.39, 0.29) is 0 Å². The van der Waals surface area contributed by atoms with E-state index in [0.29, 0.717) is 25.0 Å². The predicted octanol–water partition coefficient (Wildman–Crippen LogP) is 1.93. The van der Waals surface area contributed by atoms with Gasteiger partial charge in [-0.15, -0.1) is 0 Å². The zero-order chi connectivity index (χ0) is 9.97. The standard InChI is InChI=1S/C12H16O2/c1-14-8-9-3-2-4-10(5-9)12-6-11(12)7-13/h2-5,11-13H,6-8H2,1H3. The molecule has 2 unspecified atom stereocenters. The number of methoxy groups -OCH3 is 1. The monoisotopic (exact) mass is 192 g/mol. The van der Waals surface area contributed by atoms with Gasteiger partial charge in [-0.05, 0) is 29.4 Å². The summed E-state index contributed by atoms with van der Waals surface area (Å²) < 4.78 is 5.09. The van der Waals surface area contributed by atoms with Crippen LogP contribution >= 0.6 is 0 Å². The van der Waals surface area contributed by atoms with Crippen molar-refractivity contribution in [1.29, 1.82) is 0 Å². The Bertz CT molecular complexity index is 309. The van der Waals surface area contributed by atoms with Crippen molar-refractivity contribution in [3.05, 3.63) is 35.4 Å². The molecule has 1 aromatic carbocycles. The number of aliphatic hydroxyl groups is 1. The van der Waals surface area contributed by atoms with Crippen LogP contribution in [0.5, 0.6) is 0 Å². The van der Waals surface area contributed by atoms with E-state index < -0.39 is 0 Å². The molecule has 1 fully saturated rings. The quantitative estimate of drug-likeness (QED) is 0.789. The molecule has 0 aliphatic heterocycles. The molecule has 2 atom stereocenters. The Kier molecular flexibility index (Phi) is 2.85. The van der Waals surface area contributed by atoms with Crippen LogP contribution in [0.3, 0.4) is 0 Å². The van der Waals surface area contributed by atoms with Crippen molar-refractivity contribution in [3.8, 4) is 0 Å². The summed E-state index contributed by atoms with van der Waals surface area (Å²) in [6.45, 7) is 0.990. The van der Waals surface area contributed by atoms with Crippen LogP contribution in [-0.4, -0.2) is 18.8 Å². The van der Waals surface area contributed by atoms with Crippen LogP contribution in [0.25, 0.3) is 0 Å². The van der Waals surface area contributed by atoms with Gasteiger partial charge in [0.15, 0.2) is 0 Å². The molecule has 0 spiro atoms. The molecule has 14 heavy (non-hydrogen) atoms. The number of ether oxygens (including phenoxy) is 1. The average Bonchev–Trinajstić information content (AvgIpc) is 2.98. The molecule has 1 aliphatic carbocycles. The molecule has 76 valence electrons. The average molecular weight is 192 g/mol. The molecule has 2 rings (SSSR count). The van der Waals surface area contributed by atoms with Gasteiger partial charge in [-0.1, -0.05) is 24.3 Å². The number of hydrogen-bond acceptors (Lipinski definition) is 2. The fourth-order valence-electron chi connectivity index (χ4n) is 1.94. The molecule has 0 aromatic heterocycles. The maximum atomic E-state index is 8.99. The maximum Gasteiger partial charge on any atom is 0.0713 e. The molecule has 0 saturated heterocycles. The highest BCUT2D eigenvalue weighted by molar-refractivity contribution is 5.30. The van der Waals surface area contributed by atoms with Gasteiger partial charge >= 0.3 is 0 Å². The molecule has 2 nitrogen and oxygen atoms in total. The van der Waals surface area contributed by atoms with Gasteiger partial charge in [-0.25, -0.2) is 0 Å². The molecule has 0 radical (unpaired) electrons. The van der Waals surface area contributed by atoms with Crippen molar-refractivity contribution in [2.45, 2.75) is 18.9 Å². The Morgan fingerprint density at radius 1 is 1.50 bits per heavy atom. The first kappa shape index (κ1) is 9.69. The minimum atomic E-state index is 0.319. The normalized spacial score (nSPS) is 25.0. The summed E-state index contributed by atoms with van der Waals surface area (Å²) in [4.78, 5) is 0. The largest absolute Gasteiger partial charge is 0.396 e. The third kappa shape index (κ3) is 1.97. The van der Waals surface area contributed by atoms with Crippen LogP contribution in [0.15, 0.2) is 24.3 Å². The van der Waals surface area contributed by atoms with Crippen molar-refractivity contribution in [3.63, 3.8) is 0 Å².